The number of halogens is 3. The van der Waals surface area contributed by atoms with Crippen LogP contribution in [0.4, 0.5) is 13.2 Å². The van der Waals surface area contributed by atoms with E-state index in [9.17, 15) is 27.6 Å². The van der Waals surface area contributed by atoms with Gasteiger partial charge in [-0.3, -0.25) is 9.59 Å². The van der Waals surface area contributed by atoms with E-state index in [1.54, 1.807) is 0 Å². The predicted octanol–water partition coefficient (Wildman–Crippen LogP) is 3.10. The zero-order valence-electron chi connectivity index (χ0n) is 16.2. The summed E-state index contributed by atoms with van der Waals surface area (Å²) in [5.74, 6) is -3.36. The smallest absolute Gasteiger partial charge is 0.432 e. The molecule has 1 saturated heterocycles. The van der Waals surface area contributed by atoms with Crippen LogP contribution >= 0.6 is 0 Å². The van der Waals surface area contributed by atoms with Crippen molar-refractivity contribution in [1.29, 1.82) is 0 Å². The molecule has 1 aliphatic rings. The van der Waals surface area contributed by atoms with Crippen LogP contribution in [0.5, 0.6) is 0 Å². The SMILES string of the molecule is C=CC[C@]1(COC(=O)[C@@](OC)(c2ccccc2)C(F)(F)F)OC(=O)C(C)(C)C1=O. The fourth-order valence-electron chi connectivity index (χ4n) is 3.21. The van der Waals surface area contributed by atoms with E-state index < -0.39 is 52.7 Å². The topological polar surface area (TPSA) is 78.9 Å². The number of methoxy groups -OCH3 is 1. The molecule has 9 heteroatoms. The van der Waals surface area contributed by atoms with Gasteiger partial charge in [-0.15, -0.1) is 6.58 Å². The fraction of sp³-hybridized carbons (Fsp3) is 0.450. The van der Waals surface area contributed by atoms with Gasteiger partial charge in [0.1, 0.15) is 12.0 Å². The first-order valence-electron chi connectivity index (χ1n) is 8.63. The number of cyclic esters (lactones) is 1. The average Bonchev–Trinajstić information content (AvgIpc) is 2.82. The summed E-state index contributed by atoms with van der Waals surface area (Å²) in [6.45, 7) is 5.21. The van der Waals surface area contributed by atoms with Gasteiger partial charge in [-0.05, 0) is 13.8 Å². The number of hydrogen-bond donors (Lipinski definition) is 0. The molecule has 0 unspecified atom stereocenters. The van der Waals surface area contributed by atoms with Gasteiger partial charge in [0.2, 0.25) is 5.60 Å². The number of Topliss-reactive ketones (excluding diaryl/α,β-unsaturated/α-hetero) is 1. The Hall–Kier alpha value is -2.68. The van der Waals surface area contributed by atoms with Crippen LogP contribution in [0.25, 0.3) is 0 Å². The summed E-state index contributed by atoms with van der Waals surface area (Å²) in [6.07, 6.45) is -4.14. The van der Waals surface area contributed by atoms with Crippen molar-refractivity contribution in [3.05, 3.63) is 48.6 Å². The molecule has 158 valence electrons. The van der Waals surface area contributed by atoms with Crippen LogP contribution in [-0.4, -0.2) is 43.2 Å². The number of rotatable bonds is 7. The third kappa shape index (κ3) is 3.55. The zero-order chi connectivity index (χ0) is 22.1. The first kappa shape index (κ1) is 22.6. The summed E-state index contributed by atoms with van der Waals surface area (Å²) in [7, 11) is 0.727. The lowest BCUT2D eigenvalue weighted by molar-refractivity contribution is -0.277. The minimum Gasteiger partial charge on any atom is -0.458 e. The molecule has 1 aliphatic heterocycles. The molecule has 1 heterocycles. The molecule has 0 aromatic heterocycles. The Labute approximate surface area is 165 Å². The Bertz CT molecular complexity index is 817. The van der Waals surface area contributed by atoms with E-state index in [1.165, 1.54) is 38.1 Å². The zero-order valence-corrected chi connectivity index (χ0v) is 16.2. The molecular formula is C20H21F3O6. The molecular weight excluding hydrogens is 393 g/mol. The van der Waals surface area contributed by atoms with Crippen molar-refractivity contribution in [3.63, 3.8) is 0 Å². The van der Waals surface area contributed by atoms with Crippen LogP contribution in [0.3, 0.4) is 0 Å². The van der Waals surface area contributed by atoms with Crippen LogP contribution in [0.15, 0.2) is 43.0 Å². The van der Waals surface area contributed by atoms with E-state index in [-0.39, 0.29) is 6.42 Å². The summed E-state index contributed by atoms with van der Waals surface area (Å²) in [6, 6.07) is 6.24. The summed E-state index contributed by atoms with van der Waals surface area (Å²) in [4.78, 5) is 37.4. The van der Waals surface area contributed by atoms with Gasteiger partial charge in [-0.25, -0.2) is 4.79 Å². The molecule has 0 spiro atoms. The van der Waals surface area contributed by atoms with Gasteiger partial charge in [-0.2, -0.15) is 13.2 Å². The molecule has 2 rings (SSSR count). The lowest BCUT2D eigenvalue weighted by atomic mass is 9.81. The minimum atomic E-state index is -5.17. The number of hydrogen-bond acceptors (Lipinski definition) is 6. The maximum absolute atomic E-state index is 13.9. The summed E-state index contributed by atoms with van der Waals surface area (Å²) in [5, 5.41) is 0. The number of carbonyl (C=O) groups is 3. The quantitative estimate of drug-likeness (QED) is 0.388. The third-order valence-electron chi connectivity index (χ3n) is 4.86. The van der Waals surface area contributed by atoms with Crippen LogP contribution < -0.4 is 0 Å². The van der Waals surface area contributed by atoms with E-state index in [4.69, 9.17) is 9.47 Å². The Kier molecular flexibility index (Phi) is 5.94. The highest BCUT2D eigenvalue weighted by atomic mass is 19.4. The van der Waals surface area contributed by atoms with E-state index in [1.807, 2.05) is 0 Å². The predicted molar refractivity (Wildman–Crippen MR) is 94.6 cm³/mol. The summed E-state index contributed by atoms with van der Waals surface area (Å²) >= 11 is 0. The van der Waals surface area contributed by atoms with Gasteiger partial charge in [-0.1, -0.05) is 36.4 Å². The normalized spacial score (nSPS) is 23.2. The second-order valence-corrected chi connectivity index (χ2v) is 7.16. The van der Waals surface area contributed by atoms with Crippen LogP contribution in [0.2, 0.25) is 0 Å². The highest BCUT2D eigenvalue weighted by Crippen LogP contribution is 2.44. The van der Waals surface area contributed by atoms with E-state index >= 15 is 0 Å². The Balaban J connectivity index is 2.41. The molecule has 6 nitrogen and oxygen atoms in total. The monoisotopic (exact) mass is 414 g/mol. The molecule has 0 amide bonds. The van der Waals surface area contributed by atoms with Crippen LogP contribution in [-0.2, 0) is 34.2 Å². The fourth-order valence-corrected chi connectivity index (χ4v) is 3.21. The highest BCUT2D eigenvalue weighted by Gasteiger charge is 2.65. The molecule has 0 saturated carbocycles. The van der Waals surface area contributed by atoms with Gasteiger partial charge in [0.15, 0.2) is 5.78 Å². The van der Waals surface area contributed by atoms with Crippen molar-refractivity contribution in [1.82, 2.24) is 0 Å². The summed E-state index contributed by atoms with van der Waals surface area (Å²) < 4.78 is 56.5. The van der Waals surface area contributed by atoms with Crippen LogP contribution in [0.1, 0.15) is 25.8 Å². The number of ketones is 1. The molecule has 1 fully saturated rings. The Morgan fingerprint density at radius 1 is 1.21 bits per heavy atom. The van der Waals surface area contributed by atoms with Gasteiger partial charge < -0.3 is 14.2 Å². The minimum absolute atomic E-state index is 0.231. The molecule has 2 atom stereocenters. The van der Waals surface area contributed by atoms with Gasteiger partial charge >= 0.3 is 18.1 Å². The van der Waals surface area contributed by atoms with Crippen molar-refractivity contribution in [2.45, 2.75) is 37.6 Å². The van der Waals surface area contributed by atoms with Crippen molar-refractivity contribution in [2.75, 3.05) is 13.7 Å². The van der Waals surface area contributed by atoms with E-state index in [0.717, 1.165) is 19.2 Å². The molecule has 0 aliphatic carbocycles. The van der Waals surface area contributed by atoms with Crippen molar-refractivity contribution in [2.24, 2.45) is 5.41 Å². The average molecular weight is 414 g/mol. The largest absolute Gasteiger partial charge is 0.458 e. The summed E-state index contributed by atoms with van der Waals surface area (Å²) in [5.41, 5.74) is -7.38. The molecule has 1 aromatic rings. The van der Waals surface area contributed by atoms with Gasteiger partial charge in [0.25, 0.3) is 5.60 Å². The van der Waals surface area contributed by atoms with Crippen LogP contribution in [0, 0.1) is 5.41 Å². The van der Waals surface area contributed by atoms with E-state index in [2.05, 4.69) is 11.3 Å². The third-order valence-corrected chi connectivity index (χ3v) is 4.86. The molecule has 0 bridgehead atoms. The van der Waals surface area contributed by atoms with Crippen molar-refractivity contribution < 1.29 is 41.8 Å². The Morgan fingerprint density at radius 2 is 1.79 bits per heavy atom. The van der Waals surface area contributed by atoms with Gasteiger partial charge in [0.05, 0.1) is 0 Å². The molecule has 0 N–H and O–H groups in total. The highest BCUT2D eigenvalue weighted by molar-refractivity contribution is 6.12. The first-order valence-corrected chi connectivity index (χ1v) is 8.63. The standard InChI is InChI=1S/C20H21F3O6/c1-5-11-18(14(24)17(2,3)15(25)29-18)12-28-16(26)19(27-4,20(21,22)23)13-9-7-6-8-10-13/h5-10H,1,11-12H2,2-4H3/t18-,19+/m1/s1. The maximum atomic E-state index is 13.9. The number of carbonyl (C=O) groups excluding carboxylic acids is 3. The number of esters is 2. The lowest BCUT2D eigenvalue weighted by Crippen LogP contribution is -2.53. The first-order chi connectivity index (χ1) is 13.4. The van der Waals surface area contributed by atoms with Crippen molar-refractivity contribution >= 4 is 17.7 Å². The Morgan fingerprint density at radius 3 is 2.21 bits per heavy atom. The number of ether oxygens (including phenoxy) is 3. The maximum Gasteiger partial charge on any atom is 0.432 e. The molecule has 1 aromatic carbocycles. The molecule has 29 heavy (non-hydrogen) atoms. The lowest BCUT2D eigenvalue weighted by Gasteiger charge is -2.33. The second-order valence-electron chi connectivity index (χ2n) is 7.16. The van der Waals surface area contributed by atoms with Gasteiger partial charge in [0, 0.05) is 19.1 Å². The molecule has 0 radical (unpaired) electrons. The van der Waals surface area contributed by atoms with E-state index in [0.29, 0.717) is 0 Å². The second kappa shape index (κ2) is 7.62. The number of alkyl halides is 3. The number of benzene rings is 1. The van der Waals surface area contributed by atoms with Crippen molar-refractivity contribution in [3.8, 4) is 0 Å².